The maximum Gasteiger partial charge on any atom is 0.344 e. The second kappa shape index (κ2) is 5.59. The number of rotatable bonds is 4. The quantitative estimate of drug-likeness (QED) is 0.711. The van der Waals surface area contributed by atoms with Gasteiger partial charge in [-0.05, 0) is 37.5 Å². The fourth-order valence-corrected chi connectivity index (χ4v) is 4.07. The molecule has 1 aliphatic carbocycles. The highest BCUT2D eigenvalue weighted by atomic mass is 32.2. The van der Waals surface area contributed by atoms with Crippen molar-refractivity contribution in [2.75, 3.05) is 0 Å². The monoisotopic (exact) mass is 335 g/mol. The molecule has 6 heteroatoms. The van der Waals surface area contributed by atoms with Gasteiger partial charge in [-0.2, -0.15) is 0 Å². The van der Waals surface area contributed by atoms with Gasteiger partial charge in [0.25, 0.3) is 0 Å². The second-order valence-corrected chi connectivity index (χ2v) is 7.28. The first-order valence-electron chi connectivity index (χ1n) is 7.14. The first kappa shape index (κ1) is 15.4. The summed E-state index contributed by atoms with van der Waals surface area (Å²) in [7, 11) is 0. The molecule has 1 aliphatic rings. The highest BCUT2D eigenvalue weighted by Gasteiger charge is 2.30. The summed E-state index contributed by atoms with van der Waals surface area (Å²) in [5, 5.41) is 9.23. The largest absolute Gasteiger partial charge is 0.479 e. The number of carboxylic acids is 1. The molecule has 3 rings (SSSR count). The summed E-state index contributed by atoms with van der Waals surface area (Å²) in [4.78, 5) is 16.9. The Kier molecular flexibility index (Phi) is 3.91. The number of benzene rings is 1. The van der Waals surface area contributed by atoms with E-state index in [1.165, 1.54) is 10.4 Å². The maximum absolute atomic E-state index is 11.3. The molecule has 0 amide bonds. The van der Waals surface area contributed by atoms with E-state index in [4.69, 9.17) is 4.74 Å². The molecule has 22 heavy (non-hydrogen) atoms. The van der Waals surface area contributed by atoms with Gasteiger partial charge in [0.15, 0.2) is 6.10 Å². The van der Waals surface area contributed by atoms with Gasteiger partial charge in [0.05, 0.1) is 5.69 Å². The van der Waals surface area contributed by atoms with Crippen LogP contribution in [0.5, 0.6) is 5.75 Å². The molecule has 1 unspecified atom stereocenters. The molecule has 1 aromatic heterocycles. The molecule has 1 atom stereocenters. The number of fused-ring (bicyclic) bond motifs is 3. The predicted molar refractivity (Wildman–Crippen MR) is 89.4 cm³/mol. The van der Waals surface area contributed by atoms with Crippen LogP contribution in [0.1, 0.15) is 34.9 Å². The summed E-state index contributed by atoms with van der Waals surface area (Å²) in [6.45, 7) is 5.89. The highest BCUT2D eigenvalue weighted by Crippen LogP contribution is 2.46. The molecule has 0 aliphatic heterocycles. The van der Waals surface area contributed by atoms with Gasteiger partial charge in [0.2, 0.25) is 0 Å². The van der Waals surface area contributed by atoms with Crippen LogP contribution in [-0.2, 0) is 11.2 Å². The number of hydrogen-bond donors (Lipinski definition) is 2. The fourth-order valence-electron chi connectivity index (χ4n) is 2.82. The van der Waals surface area contributed by atoms with E-state index in [9.17, 15) is 9.90 Å². The number of aromatic nitrogens is 1. The van der Waals surface area contributed by atoms with E-state index in [0.717, 1.165) is 33.1 Å². The molecule has 0 radical (unpaired) electrons. The Morgan fingerprint density at radius 2 is 2.27 bits per heavy atom. The van der Waals surface area contributed by atoms with Crippen molar-refractivity contribution in [2.45, 2.75) is 44.1 Å². The zero-order valence-corrected chi connectivity index (χ0v) is 14.3. The molecule has 0 bridgehead atoms. The van der Waals surface area contributed by atoms with Crippen LogP contribution in [0.25, 0.3) is 11.3 Å². The van der Waals surface area contributed by atoms with E-state index >= 15 is 0 Å². The summed E-state index contributed by atoms with van der Waals surface area (Å²) < 4.78 is 6.55. The molecule has 0 spiro atoms. The average Bonchev–Trinajstić information content (AvgIpc) is 2.96. The van der Waals surface area contributed by atoms with Crippen LogP contribution in [0.4, 0.5) is 0 Å². The third kappa shape index (κ3) is 2.40. The SMILES string of the molecule is CCC(Oc1cc(C)c(C)c2c1Cc1sc(S)nc1-2)C(=O)O. The Labute approximate surface area is 138 Å². The van der Waals surface area contributed by atoms with Crippen LogP contribution in [0.2, 0.25) is 0 Å². The number of aliphatic carboxylic acids is 1. The van der Waals surface area contributed by atoms with Crippen molar-refractivity contribution in [1.82, 2.24) is 4.98 Å². The molecule has 1 aromatic carbocycles. The van der Waals surface area contributed by atoms with Crippen LogP contribution in [0.3, 0.4) is 0 Å². The molecule has 1 heterocycles. The lowest BCUT2D eigenvalue weighted by atomic mass is 9.98. The Morgan fingerprint density at radius 3 is 2.91 bits per heavy atom. The molecule has 0 fully saturated rings. The zero-order valence-electron chi connectivity index (χ0n) is 12.6. The first-order valence-corrected chi connectivity index (χ1v) is 8.40. The summed E-state index contributed by atoms with van der Waals surface area (Å²) >= 11 is 5.91. The van der Waals surface area contributed by atoms with E-state index in [2.05, 4.69) is 24.5 Å². The predicted octanol–water partition coefficient (Wildman–Crippen LogP) is 3.86. The molecule has 4 nitrogen and oxygen atoms in total. The number of carbonyl (C=O) groups is 1. The summed E-state index contributed by atoms with van der Waals surface area (Å²) in [6, 6.07) is 1.94. The zero-order chi connectivity index (χ0) is 16.0. The number of carboxylic acid groups (broad SMARTS) is 1. The number of nitrogens with zero attached hydrogens (tertiary/aromatic N) is 1. The molecule has 0 saturated carbocycles. The summed E-state index contributed by atoms with van der Waals surface area (Å²) in [6.07, 6.45) is 0.339. The lowest BCUT2D eigenvalue weighted by Crippen LogP contribution is -2.26. The third-order valence-electron chi connectivity index (χ3n) is 4.09. The number of hydrogen-bond acceptors (Lipinski definition) is 5. The van der Waals surface area contributed by atoms with Crippen molar-refractivity contribution in [1.29, 1.82) is 0 Å². The van der Waals surface area contributed by atoms with Crippen molar-refractivity contribution in [3.8, 4) is 17.0 Å². The number of ether oxygens (including phenoxy) is 1. The van der Waals surface area contributed by atoms with Crippen LogP contribution >= 0.6 is 24.0 Å². The minimum absolute atomic E-state index is 0.428. The van der Waals surface area contributed by atoms with Gasteiger partial charge < -0.3 is 9.84 Å². The number of aryl methyl sites for hydroxylation is 1. The maximum atomic E-state index is 11.3. The topological polar surface area (TPSA) is 59.4 Å². The van der Waals surface area contributed by atoms with Gasteiger partial charge in [-0.25, -0.2) is 9.78 Å². The standard InChI is InChI=1S/C16H17NO3S2/c1-4-10(15(18)19)20-11-5-7(2)8(3)13-9(11)6-12-14(13)17-16(21)22-12/h5,10H,4,6H2,1-3H3,(H,17,21)(H,18,19). The third-order valence-corrected chi connectivity index (χ3v) is 5.32. The van der Waals surface area contributed by atoms with E-state index in [-0.39, 0.29) is 0 Å². The van der Waals surface area contributed by atoms with Crippen molar-refractivity contribution in [3.63, 3.8) is 0 Å². The highest BCUT2D eigenvalue weighted by molar-refractivity contribution is 7.82. The van der Waals surface area contributed by atoms with E-state index in [1.807, 2.05) is 19.9 Å². The van der Waals surface area contributed by atoms with Crippen molar-refractivity contribution >= 4 is 29.9 Å². The van der Waals surface area contributed by atoms with Crippen LogP contribution in [0, 0.1) is 13.8 Å². The number of thiazole rings is 1. The molecular formula is C16H17NO3S2. The minimum Gasteiger partial charge on any atom is -0.479 e. The first-order chi connectivity index (χ1) is 10.4. The molecular weight excluding hydrogens is 318 g/mol. The normalized spacial score (nSPS) is 13.6. The van der Waals surface area contributed by atoms with Crippen LogP contribution in [0.15, 0.2) is 10.4 Å². The van der Waals surface area contributed by atoms with Crippen molar-refractivity contribution in [2.24, 2.45) is 0 Å². The fraction of sp³-hybridized carbons (Fsp3) is 0.375. The average molecular weight is 335 g/mol. The molecule has 2 aromatic rings. The Hall–Kier alpha value is -1.53. The van der Waals surface area contributed by atoms with E-state index < -0.39 is 12.1 Å². The van der Waals surface area contributed by atoms with Gasteiger partial charge in [0.1, 0.15) is 10.1 Å². The second-order valence-electron chi connectivity index (χ2n) is 5.47. The van der Waals surface area contributed by atoms with Crippen LogP contribution < -0.4 is 4.74 Å². The Balaban J connectivity index is 2.11. The van der Waals surface area contributed by atoms with Gasteiger partial charge in [-0.15, -0.1) is 24.0 Å². The van der Waals surface area contributed by atoms with Crippen molar-refractivity contribution in [3.05, 3.63) is 27.6 Å². The summed E-state index contributed by atoms with van der Waals surface area (Å²) in [5.74, 6) is -0.267. The Bertz CT molecular complexity index is 767. The smallest absolute Gasteiger partial charge is 0.344 e. The molecule has 116 valence electrons. The van der Waals surface area contributed by atoms with Gasteiger partial charge in [0, 0.05) is 22.4 Å². The Morgan fingerprint density at radius 1 is 1.55 bits per heavy atom. The lowest BCUT2D eigenvalue weighted by molar-refractivity contribution is -0.145. The molecule has 0 saturated heterocycles. The van der Waals surface area contributed by atoms with Crippen LogP contribution in [-0.4, -0.2) is 22.2 Å². The summed E-state index contributed by atoms with van der Waals surface area (Å²) in [5.41, 5.74) is 5.35. The van der Waals surface area contributed by atoms with Gasteiger partial charge in [-0.1, -0.05) is 6.92 Å². The number of thiol groups is 1. The van der Waals surface area contributed by atoms with Gasteiger partial charge >= 0.3 is 5.97 Å². The lowest BCUT2D eigenvalue weighted by Gasteiger charge is -2.18. The minimum atomic E-state index is -0.932. The van der Waals surface area contributed by atoms with E-state index in [0.29, 0.717) is 12.2 Å². The molecule has 1 N–H and O–H groups in total. The van der Waals surface area contributed by atoms with Gasteiger partial charge in [-0.3, -0.25) is 0 Å². The van der Waals surface area contributed by atoms with E-state index in [1.54, 1.807) is 11.3 Å². The van der Waals surface area contributed by atoms with Crippen molar-refractivity contribution < 1.29 is 14.6 Å².